The van der Waals surface area contributed by atoms with Crippen LogP contribution in [0, 0.1) is 11.8 Å². The Morgan fingerprint density at radius 2 is 2.12 bits per heavy atom. The average molecular weight is 355 g/mol. The summed E-state index contributed by atoms with van der Waals surface area (Å²) < 4.78 is 11.1. The Labute approximate surface area is 148 Å². The van der Waals surface area contributed by atoms with Gasteiger partial charge in [0.25, 0.3) is 5.91 Å². The summed E-state index contributed by atoms with van der Waals surface area (Å²) in [5.74, 6) is 1.52. The molecule has 1 atom stereocenters. The highest BCUT2D eigenvalue weighted by Crippen LogP contribution is 2.40. The van der Waals surface area contributed by atoms with Crippen molar-refractivity contribution in [1.29, 1.82) is 0 Å². The van der Waals surface area contributed by atoms with E-state index in [1.165, 1.54) is 7.11 Å². The van der Waals surface area contributed by atoms with Crippen LogP contribution in [0.2, 0.25) is 5.02 Å². The van der Waals surface area contributed by atoms with Crippen LogP contribution in [0.15, 0.2) is 12.1 Å². The van der Waals surface area contributed by atoms with Gasteiger partial charge >= 0.3 is 0 Å². The molecule has 5 nitrogen and oxygen atoms in total. The molecule has 0 bridgehead atoms. The molecule has 1 amide bonds. The summed E-state index contributed by atoms with van der Waals surface area (Å²) in [5.41, 5.74) is 5.92. The van der Waals surface area contributed by atoms with E-state index in [0.29, 0.717) is 47.1 Å². The van der Waals surface area contributed by atoms with Crippen molar-refractivity contribution in [3.63, 3.8) is 0 Å². The minimum Gasteiger partial charge on any atom is -0.493 e. The molecule has 1 aromatic rings. The molecule has 0 spiro atoms. The van der Waals surface area contributed by atoms with Gasteiger partial charge in [0, 0.05) is 12.1 Å². The molecule has 0 aliphatic heterocycles. The first-order valence-corrected chi connectivity index (χ1v) is 8.71. The molecule has 1 aromatic carbocycles. The minimum atomic E-state index is -0.385. The molecular weight excluding hydrogens is 328 g/mol. The number of rotatable bonds is 8. The Balaban J connectivity index is 2.21. The number of methoxy groups -OCH3 is 1. The molecule has 1 fully saturated rings. The molecule has 1 aliphatic rings. The van der Waals surface area contributed by atoms with Crippen LogP contribution in [0.25, 0.3) is 0 Å². The van der Waals surface area contributed by atoms with E-state index in [1.54, 1.807) is 12.1 Å². The number of carbonyl (C=O) groups is 1. The van der Waals surface area contributed by atoms with Crippen LogP contribution in [0.1, 0.15) is 44.0 Å². The predicted octanol–water partition coefficient (Wildman–Crippen LogP) is 3.24. The lowest BCUT2D eigenvalue weighted by atomic mass is 9.95. The minimum absolute atomic E-state index is 0.203. The van der Waals surface area contributed by atoms with Gasteiger partial charge in [-0.3, -0.25) is 4.79 Å². The SMILES string of the molecule is COc1cc(C(=O)NC(C)(CN)C2CC2)cc(Cl)c1OCC(C)C. The van der Waals surface area contributed by atoms with Crippen molar-refractivity contribution in [1.82, 2.24) is 5.32 Å². The van der Waals surface area contributed by atoms with Gasteiger partial charge < -0.3 is 20.5 Å². The maximum atomic E-state index is 12.6. The lowest BCUT2D eigenvalue weighted by Gasteiger charge is -2.29. The zero-order chi connectivity index (χ0) is 17.9. The molecule has 2 rings (SSSR count). The number of ether oxygens (including phenoxy) is 2. The molecule has 1 saturated carbocycles. The Hall–Kier alpha value is -1.46. The second-order valence-electron chi connectivity index (χ2n) is 7.04. The van der Waals surface area contributed by atoms with E-state index in [-0.39, 0.29) is 11.4 Å². The molecular formula is C18H27ClN2O3. The monoisotopic (exact) mass is 354 g/mol. The molecule has 3 N–H and O–H groups in total. The second kappa shape index (κ2) is 7.62. The van der Waals surface area contributed by atoms with Crippen LogP contribution in [-0.4, -0.2) is 31.7 Å². The highest BCUT2D eigenvalue weighted by molar-refractivity contribution is 6.32. The van der Waals surface area contributed by atoms with Crippen molar-refractivity contribution in [2.45, 2.75) is 39.2 Å². The Morgan fingerprint density at radius 3 is 2.62 bits per heavy atom. The molecule has 0 saturated heterocycles. The van der Waals surface area contributed by atoms with E-state index in [2.05, 4.69) is 5.32 Å². The first-order valence-electron chi connectivity index (χ1n) is 8.33. The highest BCUT2D eigenvalue weighted by atomic mass is 35.5. The molecule has 134 valence electrons. The summed E-state index contributed by atoms with van der Waals surface area (Å²) in [6.45, 7) is 7.02. The third-order valence-corrected chi connectivity index (χ3v) is 4.63. The van der Waals surface area contributed by atoms with Crippen molar-refractivity contribution in [2.75, 3.05) is 20.3 Å². The third-order valence-electron chi connectivity index (χ3n) is 4.35. The number of hydrogen-bond acceptors (Lipinski definition) is 4. The maximum Gasteiger partial charge on any atom is 0.251 e. The fourth-order valence-electron chi connectivity index (χ4n) is 2.61. The van der Waals surface area contributed by atoms with Gasteiger partial charge in [0.2, 0.25) is 0 Å². The summed E-state index contributed by atoms with van der Waals surface area (Å²) in [5, 5.41) is 3.41. The van der Waals surface area contributed by atoms with E-state index < -0.39 is 0 Å². The first-order chi connectivity index (χ1) is 11.3. The standard InChI is InChI=1S/C18H27ClN2O3/c1-11(2)9-24-16-14(19)7-12(8-15(16)23-4)17(22)21-18(3,10-20)13-5-6-13/h7-8,11,13H,5-6,9-10,20H2,1-4H3,(H,21,22). The lowest BCUT2D eigenvalue weighted by molar-refractivity contribution is 0.0897. The summed E-state index contributed by atoms with van der Waals surface area (Å²) in [6.07, 6.45) is 2.19. The van der Waals surface area contributed by atoms with Gasteiger partial charge in [0.1, 0.15) is 0 Å². The number of benzene rings is 1. The normalized spacial score (nSPS) is 16.6. The van der Waals surface area contributed by atoms with Crippen LogP contribution >= 0.6 is 11.6 Å². The fourth-order valence-corrected chi connectivity index (χ4v) is 2.88. The van der Waals surface area contributed by atoms with Crippen molar-refractivity contribution < 1.29 is 14.3 Å². The number of nitrogens with one attached hydrogen (secondary N) is 1. The van der Waals surface area contributed by atoms with Crippen molar-refractivity contribution in [3.8, 4) is 11.5 Å². The van der Waals surface area contributed by atoms with Gasteiger partial charge in [0.05, 0.1) is 24.3 Å². The van der Waals surface area contributed by atoms with Gasteiger partial charge in [-0.2, -0.15) is 0 Å². The smallest absolute Gasteiger partial charge is 0.251 e. The Bertz CT molecular complexity index is 602. The molecule has 0 radical (unpaired) electrons. The number of halogens is 1. The van der Waals surface area contributed by atoms with Crippen LogP contribution in [0.3, 0.4) is 0 Å². The molecule has 0 heterocycles. The predicted molar refractivity (Wildman–Crippen MR) is 96.0 cm³/mol. The van der Waals surface area contributed by atoms with Gasteiger partial charge in [-0.05, 0) is 43.7 Å². The zero-order valence-corrected chi connectivity index (χ0v) is 15.6. The van der Waals surface area contributed by atoms with E-state index in [0.717, 1.165) is 12.8 Å². The quantitative estimate of drug-likeness (QED) is 0.751. The topological polar surface area (TPSA) is 73.6 Å². The molecule has 1 unspecified atom stereocenters. The summed E-state index contributed by atoms with van der Waals surface area (Å²) in [6, 6.07) is 3.26. The zero-order valence-electron chi connectivity index (χ0n) is 14.8. The number of hydrogen-bond donors (Lipinski definition) is 2. The van der Waals surface area contributed by atoms with Crippen LogP contribution in [-0.2, 0) is 0 Å². The van der Waals surface area contributed by atoms with Crippen LogP contribution in [0.5, 0.6) is 11.5 Å². The molecule has 6 heteroatoms. The summed E-state index contributed by atoms with van der Waals surface area (Å²) in [4.78, 5) is 12.6. The lowest BCUT2D eigenvalue weighted by Crippen LogP contribution is -2.53. The second-order valence-corrected chi connectivity index (χ2v) is 7.45. The van der Waals surface area contributed by atoms with E-state index in [1.807, 2.05) is 20.8 Å². The number of amides is 1. The molecule has 1 aliphatic carbocycles. The average Bonchev–Trinajstić information content (AvgIpc) is 3.37. The fraction of sp³-hybridized carbons (Fsp3) is 0.611. The number of nitrogens with two attached hydrogens (primary N) is 1. The van der Waals surface area contributed by atoms with Crippen LogP contribution in [0.4, 0.5) is 0 Å². The third kappa shape index (κ3) is 4.33. The molecule has 24 heavy (non-hydrogen) atoms. The van der Waals surface area contributed by atoms with Crippen molar-refractivity contribution >= 4 is 17.5 Å². The Kier molecular flexibility index (Phi) is 5.99. The Morgan fingerprint density at radius 1 is 1.46 bits per heavy atom. The largest absolute Gasteiger partial charge is 0.493 e. The van der Waals surface area contributed by atoms with Gasteiger partial charge in [-0.25, -0.2) is 0 Å². The van der Waals surface area contributed by atoms with Crippen molar-refractivity contribution in [2.24, 2.45) is 17.6 Å². The van der Waals surface area contributed by atoms with E-state index >= 15 is 0 Å². The van der Waals surface area contributed by atoms with Crippen molar-refractivity contribution in [3.05, 3.63) is 22.7 Å². The maximum absolute atomic E-state index is 12.6. The van der Waals surface area contributed by atoms with Crippen LogP contribution < -0.4 is 20.5 Å². The van der Waals surface area contributed by atoms with Gasteiger partial charge in [-0.1, -0.05) is 25.4 Å². The summed E-state index contributed by atoms with van der Waals surface area (Å²) in [7, 11) is 1.53. The van der Waals surface area contributed by atoms with E-state index in [4.69, 9.17) is 26.8 Å². The first kappa shape index (κ1) is 18.9. The van der Waals surface area contributed by atoms with Gasteiger partial charge in [-0.15, -0.1) is 0 Å². The summed E-state index contributed by atoms with van der Waals surface area (Å²) >= 11 is 6.31. The van der Waals surface area contributed by atoms with E-state index in [9.17, 15) is 4.79 Å². The highest BCUT2D eigenvalue weighted by Gasteiger charge is 2.41. The molecule has 0 aromatic heterocycles. The van der Waals surface area contributed by atoms with Gasteiger partial charge in [0.15, 0.2) is 11.5 Å². The number of carbonyl (C=O) groups excluding carboxylic acids is 1.